The maximum absolute atomic E-state index is 13.0. The highest BCUT2D eigenvalue weighted by Gasteiger charge is 2.18. The normalized spacial score (nSPS) is 11.9. The maximum atomic E-state index is 13.0. The molecule has 0 fully saturated rings. The first-order valence-electron chi connectivity index (χ1n) is 9.65. The van der Waals surface area contributed by atoms with E-state index in [0.29, 0.717) is 11.1 Å². The van der Waals surface area contributed by atoms with Crippen molar-refractivity contribution < 1.29 is 9.59 Å². The zero-order chi connectivity index (χ0) is 20.2. The van der Waals surface area contributed by atoms with E-state index in [1.165, 1.54) is 0 Å². The Morgan fingerprint density at radius 1 is 0.862 bits per heavy atom. The molecule has 1 atom stereocenters. The first kappa shape index (κ1) is 18.7. The quantitative estimate of drug-likeness (QED) is 0.489. The lowest BCUT2D eigenvalue weighted by Crippen LogP contribution is -2.29. The zero-order valence-corrected chi connectivity index (χ0v) is 16.2. The van der Waals surface area contributed by atoms with Crippen LogP contribution in [0.25, 0.3) is 10.9 Å². The van der Waals surface area contributed by atoms with Gasteiger partial charge in [0.2, 0.25) is 5.91 Å². The minimum atomic E-state index is -0.0965. The van der Waals surface area contributed by atoms with Crippen LogP contribution in [0.15, 0.2) is 91.1 Å². The van der Waals surface area contributed by atoms with Crippen molar-refractivity contribution in [2.24, 2.45) is 0 Å². The van der Waals surface area contributed by atoms with Gasteiger partial charge in [-0.1, -0.05) is 78.9 Å². The number of rotatable bonds is 6. The van der Waals surface area contributed by atoms with Crippen LogP contribution in [0.2, 0.25) is 0 Å². The Labute approximate surface area is 169 Å². The highest BCUT2D eigenvalue weighted by atomic mass is 16.2. The third-order valence-electron chi connectivity index (χ3n) is 5.06. The van der Waals surface area contributed by atoms with Gasteiger partial charge in [-0.15, -0.1) is 0 Å². The SMILES string of the molecule is CC(NC(=O)Cn1cc(C(=O)c2ccccc2)c2ccccc21)c1ccccc1. The number of amides is 1. The third-order valence-corrected chi connectivity index (χ3v) is 5.06. The van der Waals surface area contributed by atoms with Crippen molar-refractivity contribution in [2.75, 3.05) is 0 Å². The second-order valence-electron chi connectivity index (χ2n) is 7.08. The number of nitrogens with one attached hydrogen (secondary N) is 1. The van der Waals surface area contributed by atoms with E-state index in [9.17, 15) is 9.59 Å². The van der Waals surface area contributed by atoms with Crippen LogP contribution in [0.1, 0.15) is 34.5 Å². The summed E-state index contributed by atoms with van der Waals surface area (Å²) in [6.07, 6.45) is 1.78. The number of nitrogens with zero attached hydrogens (tertiary/aromatic N) is 1. The molecule has 1 N–H and O–H groups in total. The number of benzene rings is 3. The lowest BCUT2D eigenvalue weighted by atomic mass is 10.0. The van der Waals surface area contributed by atoms with Gasteiger partial charge in [-0.25, -0.2) is 0 Å². The third kappa shape index (κ3) is 3.97. The molecule has 0 aliphatic heterocycles. The van der Waals surface area contributed by atoms with E-state index in [1.807, 2.05) is 96.4 Å². The van der Waals surface area contributed by atoms with E-state index >= 15 is 0 Å². The van der Waals surface area contributed by atoms with E-state index in [2.05, 4.69) is 5.32 Å². The molecule has 1 amide bonds. The van der Waals surface area contributed by atoms with Crippen molar-refractivity contribution >= 4 is 22.6 Å². The topological polar surface area (TPSA) is 51.1 Å². The van der Waals surface area contributed by atoms with Gasteiger partial charge in [0.25, 0.3) is 0 Å². The molecule has 4 rings (SSSR count). The molecular weight excluding hydrogens is 360 g/mol. The Morgan fingerprint density at radius 2 is 1.48 bits per heavy atom. The minimum absolute atomic E-state index is 0.0430. The van der Waals surface area contributed by atoms with Gasteiger partial charge in [0.1, 0.15) is 6.54 Å². The fourth-order valence-electron chi connectivity index (χ4n) is 3.57. The van der Waals surface area contributed by atoms with Gasteiger partial charge in [0, 0.05) is 28.2 Å². The van der Waals surface area contributed by atoms with Crippen molar-refractivity contribution in [3.63, 3.8) is 0 Å². The summed E-state index contributed by atoms with van der Waals surface area (Å²) in [6.45, 7) is 2.12. The van der Waals surface area contributed by atoms with Crippen molar-refractivity contribution in [1.82, 2.24) is 9.88 Å². The Balaban J connectivity index is 1.60. The number of fused-ring (bicyclic) bond motifs is 1. The summed E-state index contributed by atoms with van der Waals surface area (Å²) in [6, 6.07) is 26.7. The van der Waals surface area contributed by atoms with Gasteiger partial charge in [-0.05, 0) is 18.6 Å². The molecule has 1 aromatic heterocycles. The smallest absolute Gasteiger partial charge is 0.240 e. The van der Waals surface area contributed by atoms with E-state index < -0.39 is 0 Å². The minimum Gasteiger partial charge on any atom is -0.348 e. The summed E-state index contributed by atoms with van der Waals surface area (Å²) in [4.78, 5) is 25.7. The number of ketones is 1. The molecule has 4 nitrogen and oxygen atoms in total. The molecule has 0 aliphatic rings. The first-order chi connectivity index (χ1) is 14.1. The van der Waals surface area contributed by atoms with Crippen LogP contribution in [-0.4, -0.2) is 16.3 Å². The average molecular weight is 382 g/mol. The molecular formula is C25H22N2O2. The van der Waals surface area contributed by atoms with Crippen molar-refractivity contribution in [3.8, 4) is 0 Å². The van der Waals surface area contributed by atoms with Crippen LogP contribution in [0.4, 0.5) is 0 Å². The first-order valence-corrected chi connectivity index (χ1v) is 9.65. The molecule has 29 heavy (non-hydrogen) atoms. The van der Waals surface area contributed by atoms with Crippen molar-refractivity contribution in [1.29, 1.82) is 0 Å². The summed E-state index contributed by atoms with van der Waals surface area (Å²) in [5, 5.41) is 3.89. The van der Waals surface area contributed by atoms with Gasteiger partial charge in [0.05, 0.1) is 6.04 Å². The summed E-state index contributed by atoms with van der Waals surface area (Å²) in [5.41, 5.74) is 3.17. The molecule has 144 valence electrons. The zero-order valence-electron chi connectivity index (χ0n) is 16.2. The predicted octanol–water partition coefficient (Wildman–Crippen LogP) is 4.75. The molecule has 0 aliphatic carbocycles. The van der Waals surface area contributed by atoms with Gasteiger partial charge < -0.3 is 9.88 Å². The fourth-order valence-corrected chi connectivity index (χ4v) is 3.57. The number of carbonyl (C=O) groups excluding carboxylic acids is 2. The molecule has 0 saturated carbocycles. The summed E-state index contributed by atoms with van der Waals surface area (Å²) < 4.78 is 1.85. The Hall–Kier alpha value is -3.66. The highest BCUT2D eigenvalue weighted by molar-refractivity contribution is 6.16. The number of para-hydroxylation sites is 1. The Morgan fingerprint density at radius 3 is 2.21 bits per heavy atom. The lowest BCUT2D eigenvalue weighted by molar-refractivity contribution is -0.122. The molecule has 1 heterocycles. The maximum Gasteiger partial charge on any atom is 0.240 e. The largest absolute Gasteiger partial charge is 0.348 e. The summed E-state index contributed by atoms with van der Waals surface area (Å²) >= 11 is 0. The fraction of sp³-hybridized carbons (Fsp3) is 0.120. The Kier molecular flexibility index (Phi) is 5.25. The van der Waals surface area contributed by atoms with Crippen LogP contribution in [-0.2, 0) is 11.3 Å². The molecule has 4 heteroatoms. The van der Waals surface area contributed by atoms with Crippen molar-refractivity contribution in [3.05, 3.63) is 108 Å². The number of hydrogen-bond acceptors (Lipinski definition) is 2. The van der Waals surface area contributed by atoms with E-state index in [0.717, 1.165) is 16.5 Å². The predicted molar refractivity (Wildman–Crippen MR) is 115 cm³/mol. The van der Waals surface area contributed by atoms with Gasteiger partial charge in [0.15, 0.2) is 5.78 Å². The van der Waals surface area contributed by atoms with Crippen LogP contribution in [0.5, 0.6) is 0 Å². The monoisotopic (exact) mass is 382 g/mol. The lowest BCUT2D eigenvalue weighted by Gasteiger charge is -2.15. The van der Waals surface area contributed by atoms with E-state index in [1.54, 1.807) is 6.20 Å². The highest BCUT2D eigenvalue weighted by Crippen LogP contribution is 2.24. The summed E-state index contributed by atoms with van der Waals surface area (Å²) in [7, 11) is 0. The molecule has 0 radical (unpaired) electrons. The van der Waals surface area contributed by atoms with E-state index in [4.69, 9.17) is 0 Å². The number of carbonyl (C=O) groups is 2. The van der Waals surface area contributed by atoms with Gasteiger partial charge in [-0.3, -0.25) is 9.59 Å². The Bertz CT molecular complexity index is 1150. The average Bonchev–Trinajstić information content (AvgIpc) is 3.12. The molecule has 4 aromatic rings. The van der Waals surface area contributed by atoms with Gasteiger partial charge in [-0.2, -0.15) is 0 Å². The second-order valence-corrected chi connectivity index (χ2v) is 7.08. The molecule has 1 unspecified atom stereocenters. The number of aromatic nitrogens is 1. The van der Waals surface area contributed by atoms with Crippen LogP contribution < -0.4 is 5.32 Å². The van der Waals surface area contributed by atoms with Crippen molar-refractivity contribution in [2.45, 2.75) is 19.5 Å². The van der Waals surface area contributed by atoms with E-state index in [-0.39, 0.29) is 24.3 Å². The molecule has 0 saturated heterocycles. The van der Waals surface area contributed by atoms with Crippen LogP contribution in [0, 0.1) is 0 Å². The molecule has 0 bridgehead atoms. The second kappa shape index (κ2) is 8.15. The summed E-state index contributed by atoms with van der Waals surface area (Å²) in [5.74, 6) is -0.139. The molecule has 3 aromatic carbocycles. The van der Waals surface area contributed by atoms with Crippen LogP contribution in [0.3, 0.4) is 0 Å². The van der Waals surface area contributed by atoms with Crippen LogP contribution >= 0.6 is 0 Å². The standard InChI is InChI=1S/C25H22N2O2/c1-18(19-10-4-2-5-11-19)26-24(28)17-27-16-22(21-14-8-9-15-23(21)27)25(29)20-12-6-3-7-13-20/h2-16,18H,17H2,1H3,(H,26,28). The number of hydrogen-bond donors (Lipinski definition) is 1. The van der Waals surface area contributed by atoms with Gasteiger partial charge >= 0.3 is 0 Å². The molecule has 0 spiro atoms.